The summed E-state index contributed by atoms with van der Waals surface area (Å²) in [7, 11) is 2.07. The summed E-state index contributed by atoms with van der Waals surface area (Å²) in [6.07, 6.45) is 7.32. The largest absolute Gasteiger partial charge is 0.490 e. The Morgan fingerprint density at radius 2 is 1.91 bits per heavy atom. The predicted octanol–water partition coefficient (Wildman–Crippen LogP) is 3.45. The molecule has 0 spiro atoms. The first-order valence-corrected chi connectivity index (χ1v) is 12.0. The fourth-order valence-corrected chi connectivity index (χ4v) is 4.53. The number of nitrogens with zero attached hydrogens (tertiary/aromatic N) is 4. The smallest absolute Gasteiger partial charge is 0.231 e. The number of hydrogen-bond donors (Lipinski definition) is 0. The fourth-order valence-electron chi connectivity index (χ4n) is 4.53. The molecule has 0 bridgehead atoms. The third-order valence-corrected chi connectivity index (χ3v) is 6.29. The summed E-state index contributed by atoms with van der Waals surface area (Å²) in [6, 6.07) is 13.9. The number of carbonyl (C=O) groups is 1. The Morgan fingerprint density at radius 3 is 2.74 bits per heavy atom. The fraction of sp³-hybridized carbons (Fsp3) is 0.370. The van der Waals surface area contributed by atoms with Crippen LogP contribution in [0.2, 0.25) is 0 Å². The van der Waals surface area contributed by atoms with Crippen molar-refractivity contribution in [1.29, 1.82) is 0 Å². The lowest BCUT2D eigenvalue weighted by Crippen LogP contribution is -2.42. The van der Waals surface area contributed by atoms with E-state index in [1.54, 1.807) is 18.6 Å². The number of benzene rings is 2. The minimum absolute atomic E-state index is 0.108. The Kier molecular flexibility index (Phi) is 7.09. The molecule has 8 heteroatoms. The van der Waals surface area contributed by atoms with Gasteiger partial charge >= 0.3 is 0 Å². The molecule has 2 aliphatic heterocycles. The van der Waals surface area contributed by atoms with Crippen molar-refractivity contribution in [3.8, 4) is 17.2 Å². The summed E-state index contributed by atoms with van der Waals surface area (Å²) in [5, 5.41) is 0. The number of piperidine rings is 1. The molecule has 3 aromatic rings. The van der Waals surface area contributed by atoms with Crippen molar-refractivity contribution in [2.75, 3.05) is 26.9 Å². The molecule has 3 heterocycles. The molecule has 1 amide bonds. The van der Waals surface area contributed by atoms with Gasteiger partial charge in [-0.3, -0.25) is 19.7 Å². The highest BCUT2D eigenvalue weighted by atomic mass is 16.7. The van der Waals surface area contributed by atoms with E-state index in [1.165, 1.54) is 5.56 Å². The zero-order valence-electron chi connectivity index (χ0n) is 19.9. The third kappa shape index (κ3) is 6.08. The molecule has 1 fully saturated rings. The summed E-state index contributed by atoms with van der Waals surface area (Å²) in [6.45, 7) is 3.17. The number of fused-ring (bicyclic) bond motifs is 1. The second kappa shape index (κ2) is 10.7. The summed E-state index contributed by atoms with van der Waals surface area (Å²) in [4.78, 5) is 25.4. The van der Waals surface area contributed by atoms with Gasteiger partial charge in [0.25, 0.3) is 0 Å². The molecule has 0 atom stereocenters. The standard InChI is InChI=1S/C27H30N4O4/c1-30(18-22-16-28-9-10-29-22)17-21-3-2-4-24(13-21)35-23-7-11-31(12-8-23)27(32)15-20-5-6-25-26(14-20)34-19-33-25/h2-6,9-10,13-14,16,23H,7-8,11-12,15,17-19H2,1H3. The highest BCUT2D eigenvalue weighted by Crippen LogP contribution is 2.32. The molecule has 182 valence electrons. The van der Waals surface area contributed by atoms with E-state index in [9.17, 15) is 4.79 Å². The lowest BCUT2D eigenvalue weighted by Gasteiger charge is -2.32. The summed E-state index contributed by atoms with van der Waals surface area (Å²) < 4.78 is 17.1. The minimum atomic E-state index is 0.108. The number of hydrogen-bond acceptors (Lipinski definition) is 7. The van der Waals surface area contributed by atoms with Crippen LogP contribution < -0.4 is 14.2 Å². The Morgan fingerprint density at radius 1 is 1.06 bits per heavy atom. The van der Waals surface area contributed by atoms with Crippen LogP contribution >= 0.6 is 0 Å². The van der Waals surface area contributed by atoms with E-state index in [2.05, 4.69) is 34.0 Å². The van der Waals surface area contributed by atoms with Crippen molar-refractivity contribution in [1.82, 2.24) is 19.8 Å². The van der Waals surface area contributed by atoms with Crippen LogP contribution in [0.15, 0.2) is 61.1 Å². The second-order valence-electron chi connectivity index (χ2n) is 9.08. The van der Waals surface area contributed by atoms with Crippen LogP contribution in [0.1, 0.15) is 29.7 Å². The molecule has 2 aromatic carbocycles. The van der Waals surface area contributed by atoms with E-state index in [0.717, 1.165) is 48.7 Å². The molecule has 1 saturated heterocycles. The molecule has 5 rings (SSSR count). The zero-order valence-corrected chi connectivity index (χ0v) is 19.9. The first-order valence-electron chi connectivity index (χ1n) is 12.0. The molecule has 0 saturated carbocycles. The van der Waals surface area contributed by atoms with Gasteiger partial charge in [0.2, 0.25) is 12.7 Å². The van der Waals surface area contributed by atoms with E-state index in [0.29, 0.717) is 25.3 Å². The van der Waals surface area contributed by atoms with Crippen LogP contribution in [0.4, 0.5) is 0 Å². The first kappa shape index (κ1) is 23.1. The molecule has 8 nitrogen and oxygen atoms in total. The van der Waals surface area contributed by atoms with Gasteiger partial charge < -0.3 is 19.1 Å². The van der Waals surface area contributed by atoms with Gasteiger partial charge in [0.05, 0.1) is 12.1 Å². The van der Waals surface area contributed by atoms with Crippen LogP contribution in [0.3, 0.4) is 0 Å². The molecule has 0 radical (unpaired) electrons. The molecular weight excluding hydrogens is 444 g/mol. The molecule has 1 aromatic heterocycles. The number of rotatable bonds is 8. The number of amides is 1. The molecule has 0 aliphatic carbocycles. The Balaban J connectivity index is 1.09. The van der Waals surface area contributed by atoms with E-state index in [4.69, 9.17) is 14.2 Å². The Hall–Kier alpha value is -3.65. The van der Waals surface area contributed by atoms with Crippen LogP contribution in [0.25, 0.3) is 0 Å². The van der Waals surface area contributed by atoms with Crippen molar-refractivity contribution in [2.24, 2.45) is 0 Å². The highest BCUT2D eigenvalue weighted by molar-refractivity contribution is 5.79. The first-order chi connectivity index (χ1) is 17.1. The van der Waals surface area contributed by atoms with Gasteiger partial charge in [0.1, 0.15) is 11.9 Å². The van der Waals surface area contributed by atoms with E-state index < -0.39 is 0 Å². The average Bonchev–Trinajstić information content (AvgIpc) is 3.33. The maximum atomic E-state index is 12.8. The molecule has 0 unspecified atom stereocenters. The van der Waals surface area contributed by atoms with Gasteiger partial charge in [-0.25, -0.2) is 0 Å². The predicted molar refractivity (Wildman–Crippen MR) is 130 cm³/mol. The number of carbonyl (C=O) groups excluding carboxylic acids is 1. The topological polar surface area (TPSA) is 77.0 Å². The summed E-state index contributed by atoms with van der Waals surface area (Å²) in [5.41, 5.74) is 3.08. The van der Waals surface area contributed by atoms with Crippen LogP contribution in [-0.2, 0) is 24.3 Å². The van der Waals surface area contributed by atoms with Crippen molar-refractivity contribution < 1.29 is 19.0 Å². The maximum absolute atomic E-state index is 12.8. The number of ether oxygens (including phenoxy) is 3. The van der Waals surface area contributed by atoms with E-state index >= 15 is 0 Å². The van der Waals surface area contributed by atoms with Crippen molar-refractivity contribution in [2.45, 2.75) is 38.5 Å². The van der Waals surface area contributed by atoms with E-state index in [1.807, 2.05) is 35.2 Å². The van der Waals surface area contributed by atoms with Gasteiger partial charge in [-0.05, 0) is 42.4 Å². The van der Waals surface area contributed by atoms with E-state index in [-0.39, 0.29) is 18.8 Å². The molecular formula is C27H30N4O4. The van der Waals surface area contributed by atoms with Crippen LogP contribution in [0.5, 0.6) is 17.2 Å². The lowest BCUT2D eigenvalue weighted by molar-refractivity contribution is -0.132. The van der Waals surface area contributed by atoms with Crippen molar-refractivity contribution in [3.05, 3.63) is 77.9 Å². The summed E-state index contributed by atoms with van der Waals surface area (Å²) in [5.74, 6) is 2.46. The molecule has 0 N–H and O–H groups in total. The van der Waals surface area contributed by atoms with Gasteiger partial charge in [-0.15, -0.1) is 0 Å². The maximum Gasteiger partial charge on any atom is 0.231 e. The molecule has 2 aliphatic rings. The lowest BCUT2D eigenvalue weighted by atomic mass is 10.1. The van der Waals surface area contributed by atoms with Gasteiger partial charge in [0, 0.05) is 57.6 Å². The Labute approximate surface area is 205 Å². The monoisotopic (exact) mass is 474 g/mol. The van der Waals surface area contributed by atoms with Crippen molar-refractivity contribution in [3.63, 3.8) is 0 Å². The third-order valence-electron chi connectivity index (χ3n) is 6.29. The van der Waals surface area contributed by atoms with Gasteiger partial charge in [0.15, 0.2) is 11.5 Å². The Bertz CT molecular complexity index is 1150. The van der Waals surface area contributed by atoms with Crippen LogP contribution in [-0.4, -0.2) is 58.7 Å². The number of likely N-dealkylation sites (tertiary alicyclic amines) is 1. The van der Waals surface area contributed by atoms with Gasteiger partial charge in [-0.2, -0.15) is 0 Å². The summed E-state index contributed by atoms with van der Waals surface area (Å²) >= 11 is 0. The van der Waals surface area contributed by atoms with Gasteiger partial charge in [-0.1, -0.05) is 18.2 Å². The minimum Gasteiger partial charge on any atom is -0.490 e. The quantitative estimate of drug-likeness (QED) is 0.495. The van der Waals surface area contributed by atoms with Crippen LogP contribution in [0, 0.1) is 0 Å². The second-order valence-corrected chi connectivity index (χ2v) is 9.08. The SMILES string of the molecule is CN(Cc1cccc(OC2CCN(C(=O)Cc3ccc4c(c3)OCO4)CC2)c1)Cc1cnccn1. The molecule has 35 heavy (non-hydrogen) atoms. The number of aromatic nitrogens is 2. The average molecular weight is 475 g/mol. The van der Waals surface area contributed by atoms with Crippen molar-refractivity contribution >= 4 is 5.91 Å². The normalized spacial score (nSPS) is 15.4. The highest BCUT2D eigenvalue weighted by Gasteiger charge is 2.24. The zero-order chi connectivity index (χ0) is 24.0.